The number of nitrogens with two attached hydrogens (primary N) is 1. The molecule has 0 bridgehead atoms. The summed E-state index contributed by atoms with van der Waals surface area (Å²) < 4.78 is 0. The highest BCUT2D eigenvalue weighted by molar-refractivity contribution is 5.81. The van der Waals surface area contributed by atoms with Crippen molar-refractivity contribution in [2.24, 2.45) is 11.7 Å². The van der Waals surface area contributed by atoms with E-state index in [0.717, 1.165) is 26.1 Å². The molecule has 122 valence electrons. The van der Waals surface area contributed by atoms with Gasteiger partial charge in [0.2, 0.25) is 5.91 Å². The van der Waals surface area contributed by atoms with E-state index in [1.807, 2.05) is 18.9 Å². The molecule has 0 aromatic heterocycles. The van der Waals surface area contributed by atoms with Gasteiger partial charge in [-0.25, -0.2) is 0 Å². The molecule has 4 heteroatoms. The average molecular weight is 303 g/mol. The van der Waals surface area contributed by atoms with Crippen molar-refractivity contribution in [3.8, 4) is 0 Å². The molecule has 1 saturated heterocycles. The molecular weight excluding hydrogens is 274 g/mol. The van der Waals surface area contributed by atoms with E-state index in [0.29, 0.717) is 18.4 Å². The first-order valence-corrected chi connectivity index (χ1v) is 8.31. The quantitative estimate of drug-likeness (QED) is 0.906. The van der Waals surface area contributed by atoms with Crippen LogP contribution in [-0.4, -0.2) is 47.9 Å². The van der Waals surface area contributed by atoms with Crippen LogP contribution in [0.25, 0.3) is 0 Å². The number of hydrogen-bond acceptors (Lipinski definition) is 3. The second-order valence-electron chi connectivity index (χ2n) is 6.52. The largest absolute Gasteiger partial charge is 0.341 e. The Kier molecular flexibility index (Phi) is 5.98. The fourth-order valence-corrected chi connectivity index (χ4v) is 3.38. The van der Waals surface area contributed by atoms with Crippen molar-refractivity contribution < 1.29 is 4.79 Å². The third-order valence-corrected chi connectivity index (χ3v) is 4.80. The molecule has 1 aliphatic rings. The number of amides is 1. The van der Waals surface area contributed by atoms with E-state index in [-0.39, 0.29) is 11.9 Å². The second-order valence-corrected chi connectivity index (χ2v) is 6.52. The van der Waals surface area contributed by atoms with Crippen molar-refractivity contribution in [1.29, 1.82) is 0 Å². The molecule has 22 heavy (non-hydrogen) atoms. The predicted molar refractivity (Wildman–Crippen MR) is 90.3 cm³/mol. The minimum absolute atomic E-state index is 0.0795. The van der Waals surface area contributed by atoms with E-state index < -0.39 is 0 Å². The Morgan fingerprint density at radius 1 is 1.41 bits per heavy atom. The Labute approximate surface area is 134 Å². The Hall–Kier alpha value is -1.39. The van der Waals surface area contributed by atoms with E-state index in [2.05, 4.69) is 42.2 Å². The zero-order valence-electron chi connectivity index (χ0n) is 14.0. The number of rotatable bonds is 5. The Bertz CT molecular complexity index is 476. The van der Waals surface area contributed by atoms with E-state index in [9.17, 15) is 4.79 Å². The average Bonchev–Trinajstić information content (AvgIpc) is 2.54. The van der Waals surface area contributed by atoms with Crippen molar-refractivity contribution in [2.75, 3.05) is 20.1 Å². The summed E-state index contributed by atoms with van der Waals surface area (Å²) in [5.74, 6) is 0.548. The van der Waals surface area contributed by atoms with Crippen LogP contribution in [0.3, 0.4) is 0 Å². The number of carbonyl (C=O) groups excluding carboxylic acids is 1. The molecule has 0 saturated carbocycles. The molecule has 2 N–H and O–H groups in total. The van der Waals surface area contributed by atoms with Gasteiger partial charge < -0.3 is 10.6 Å². The van der Waals surface area contributed by atoms with Crippen LogP contribution in [0.4, 0.5) is 0 Å². The summed E-state index contributed by atoms with van der Waals surface area (Å²) in [5, 5.41) is 0. The molecule has 1 amide bonds. The lowest BCUT2D eigenvalue weighted by molar-refractivity contribution is -0.135. The molecule has 2 rings (SSSR count). The normalized spacial score (nSPS) is 24.0. The summed E-state index contributed by atoms with van der Waals surface area (Å²) in [5.41, 5.74) is 7.25. The van der Waals surface area contributed by atoms with Gasteiger partial charge in [0.25, 0.3) is 0 Å². The number of likely N-dealkylation sites (N-methyl/N-ethyl adjacent to an activating group) is 1. The Morgan fingerprint density at radius 2 is 2.09 bits per heavy atom. The molecule has 0 unspecified atom stereocenters. The zero-order valence-corrected chi connectivity index (χ0v) is 14.0. The summed E-state index contributed by atoms with van der Waals surface area (Å²) >= 11 is 0. The van der Waals surface area contributed by atoms with Crippen molar-refractivity contribution in [3.63, 3.8) is 0 Å². The lowest BCUT2D eigenvalue weighted by atomic mass is 9.91. The van der Waals surface area contributed by atoms with E-state index in [4.69, 9.17) is 5.73 Å². The SMILES string of the molecule is CC[C@H](N)C(=O)N(C)[C@H]1CCN(Cc2ccccc2)C[C@@H]1C. The van der Waals surface area contributed by atoms with Crippen LogP contribution in [0.2, 0.25) is 0 Å². The molecule has 0 radical (unpaired) electrons. The molecule has 1 aromatic carbocycles. The van der Waals surface area contributed by atoms with Crippen LogP contribution in [0.1, 0.15) is 32.3 Å². The lowest BCUT2D eigenvalue weighted by Gasteiger charge is -2.42. The lowest BCUT2D eigenvalue weighted by Crippen LogP contribution is -2.53. The van der Waals surface area contributed by atoms with E-state index >= 15 is 0 Å². The highest BCUT2D eigenvalue weighted by atomic mass is 16.2. The summed E-state index contributed by atoms with van der Waals surface area (Å²) in [6, 6.07) is 10.5. The van der Waals surface area contributed by atoms with Gasteiger partial charge in [-0.15, -0.1) is 0 Å². The number of nitrogens with zero attached hydrogens (tertiary/aromatic N) is 2. The fraction of sp³-hybridized carbons (Fsp3) is 0.611. The number of benzene rings is 1. The van der Waals surface area contributed by atoms with Gasteiger partial charge in [0, 0.05) is 32.7 Å². The second kappa shape index (κ2) is 7.75. The van der Waals surface area contributed by atoms with Gasteiger partial charge in [-0.2, -0.15) is 0 Å². The predicted octanol–water partition coefficient (Wildman–Crippen LogP) is 2.09. The van der Waals surface area contributed by atoms with Crippen molar-refractivity contribution in [3.05, 3.63) is 35.9 Å². The van der Waals surface area contributed by atoms with Crippen LogP contribution < -0.4 is 5.73 Å². The van der Waals surface area contributed by atoms with E-state index in [1.54, 1.807) is 0 Å². The monoisotopic (exact) mass is 303 g/mol. The third-order valence-electron chi connectivity index (χ3n) is 4.80. The minimum Gasteiger partial charge on any atom is -0.341 e. The summed E-state index contributed by atoms with van der Waals surface area (Å²) in [6.45, 7) is 7.25. The van der Waals surface area contributed by atoms with Crippen LogP contribution in [0, 0.1) is 5.92 Å². The Balaban J connectivity index is 1.91. The molecule has 1 fully saturated rings. The molecular formula is C18H29N3O. The van der Waals surface area contributed by atoms with Gasteiger partial charge in [0.1, 0.15) is 0 Å². The first-order valence-electron chi connectivity index (χ1n) is 8.31. The smallest absolute Gasteiger partial charge is 0.239 e. The maximum absolute atomic E-state index is 12.3. The minimum atomic E-state index is -0.362. The topological polar surface area (TPSA) is 49.6 Å². The molecule has 0 spiro atoms. The highest BCUT2D eigenvalue weighted by Crippen LogP contribution is 2.23. The highest BCUT2D eigenvalue weighted by Gasteiger charge is 2.32. The molecule has 3 atom stereocenters. The number of carbonyl (C=O) groups is 1. The van der Waals surface area contributed by atoms with Gasteiger partial charge in [-0.3, -0.25) is 9.69 Å². The fourth-order valence-electron chi connectivity index (χ4n) is 3.38. The van der Waals surface area contributed by atoms with Gasteiger partial charge in [-0.05, 0) is 24.3 Å². The molecule has 4 nitrogen and oxygen atoms in total. The maximum Gasteiger partial charge on any atom is 0.239 e. The molecule has 0 aliphatic carbocycles. The van der Waals surface area contributed by atoms with Gasteiger partial charge in [0.15, 0.2) is 0 Å². The van der Waals surface area contributed by atoms with Crippen molar-refractivity contribution in [2.45, 2.75) is 45.3 Å². The third kappa shape index (κ3) is 4.08. The standard InChI is InChI=1S/C18H29N3O/c1-4-16(19)18(22)20(3)17-10-11-21(12-14(17)2)13-15-8-6-5-7-9-15/h5-9,14,16-17H,4,10-13,19H2,1-3H3/t14-,16-,17-/m0/s1. The van der Waals surface area contributed by atoms with E-state index in [1.165, 1.54) is 5.56 Å². The van der Waals surface area contributed by atoms with Gasteiger partial charge in [-0.1, -0.05) is 44.2 Å². The van der Waals surface area contributed by atoms with Crippen LogP contribution in [0.15, 0.2) is 30.3 Å². The first-order chi connectivity index (χ1) is 10.5. The van der Waals surface area contributed by atoms with Gasteiger partial charge >= 0.3 is 0 Å². The summed E-state index contributed by atoms with van der Waals surface area (Å²) in [4.78, 5) is 16.6. The summed E-state index contributed by atoms with van der Waals surface area (Å²) in [6.07, 6.45) is 1.72. The number of piperidine rings is 1. The first kappa shape index (κ1) is 17.0. The summed E-state index contributed by atoms with van der Waals surface area (Å²) in [7, 11) is 1.91. The van der Waals surface area contributed by atoms with Gasteiger partial charge in [0.05, 0.1) is 6.04 Å². The van der Waals surface area contributed by atoms with Crippen LogP contribution in [0.5, 0.6) is 0 Å². The molecule has 1 aliphatic heterocycles. The molecule has 1 heterocycles. The maximum atomic E-state index is 12.3. The van der Waals surface area contributed by atoms with Crippen LogP contribution >= 0.6 is 0 Å². The molecule has 1 aromatic rings. The Morgan fingerprint density at radius 3 is 2.68 bits per heavy atom. The number of likely N-dealkylation sites (tertiary alicyclic amines) is 1. The zero-order chi connectivity index (χ0) is 16.1. The van der Waals surface area contributed by atoms with Crippen molar-refractivity contribution in [1.82, 2.24) is 9.80 Å². The van der Waals surface area contributed by atoms with Crippen LogP contribution in [-0.2, 0) is 11.3 Å². The number of hydrogen-bond donors (Lipinski definition) is 1. The van der Waals surface area contributed by atoms with Crippen molar-refractivity contribution >= 4 is 5.91 Å².